The highest BCUT2D eigenvalue weighted by molar-refractivity contribution is 6.04. The molecule has 7 heteroatoms. The van der Waals surface area contributed by atoms with Crippen LogP contribution < -0.4 is 14.8 Å². The molecule has 150 valence electrons. The van der Waals surface area contributed by atoms with Gasteiger partial charge in [-0.25, -0.2) is 4.98 Å². The lowest BCUT2D eigenvalue weighted by Gasteiger charge is -2.39. The zero-order valence-electron chi connectivity index (χ0n) is 16.2. The van der Waals surface area contributed by atoms with Crippen molar-refractivity contribution in [1.82, 2.24) is 9.88 Å². The number of anilines is 1. The molecule has 2 aromatic carbocycles. The first-order valence-corrected chi connectivity index (χ1v) is 9.61. The number of ether oxygens (including phenoxy) is 2. The summed E-state index contributed by atoms with van der Waals surface area (Å²) in [5, 5.41) is 2.90. The Bertz CT molecular complexity index is 1130. The molecule has 0 radical (unpaired) electrons. The van der Waals surface area contributed by atoms with Gasteiger partial charge >= 0.3 is 0 Å². The number of nitrogens with one attached hydrogen (secondary N) is 1. The van der Waals surface area contributed by atoms with Gasteiger partial charge in [-0.3, -0.25) is 9.59 Å². The number of likely N-dealkylation sites (N-methyl/N-ethyl adjacent to an activating group) is 1. The van der Waals surface area contributed by atoms with Crippen molar-refractivity contribution in [2.45, 2.75) is 12.0 Å². The third-order valence-electron chi connectivity index (χ3n) is 5.52. The Balaban J connectivity index is 1.61. The van der Waals surface area contributed by atoms with Gasteiger partial charge in [0.05, 0.1) is 12.0 Å². The fraction of sp³-hybridized carbons (Fsp3) is 0.174. The van der Waals surface area contributed by atoms with Crippen LogP contribution in [0, 0.1) is 0 Å². The van der Waals surface area contributed by atoms with Crippen molar-refractivity contribution < 1.29 is 19.1 Å². The Kier molecular flexibility index (Phi) is 4.35. The SMILES string of the molecule is CN1C(=O)c2ccccc2C(C(=O)Nc2ccccn2)C1c1ccc2c(c1)OCO2. The van der Waals surface area contributed by atoms with Crippen molar-refractivity contribution in [3.63, 3.8) is 0 Å². The Morgan fingerprint density at radius 3 is 2.70 bits per heavy atom. The summed E-state index contributed by atoms with van der Waals surface area (Å²) >= 11 is 0. The average Bonchev–Trinajstić information content (AvgIpc) is 3.24. The molecule has 3 aromatic rings. The van der Waals surface area contributed by atoms with Gasteiger partial charge in [0.2, 0.25) is 12.7 Å². The summed E-state index contributed by atoms with van der Waals surface area (Å²) < 4.78 is 10.9. The van der Waals surface area contributed by atoms with E-state index in [1.54, 1.807) is 42.4 Å². The van der Waals surface area contributed by atoms with E-state index in [0.717, 1.165) is 5.56 Å². The van der Waals surface area contributed by atoms with E-state index in [-0.39, 0.29) is 18.6 Å². The fourth-order valence-corrected chi connectivity index (χ4v) is 4.11. The maximum absolute atomic E-state index is 13.5. The molecular weight excluding hydrogens is 382 g/mol. The van der Waals surface area contributed by atoms with Crippen LogP contribution in [-0.2, 0) is 4.79 Å². The monoisotopic (exact) mass is 401 g/mol. The molecule has 2 aliphatic heterocycles. The molecule has 5 rings (SSSR count). The number of benzene rings is 2. The first kappa shape index (κ1) is 18.2. The molecular formula is C23H19N3O4. The van der Waals surface area contributed by atoms with E-state index in [9.17, 15) is 9.59 Å². The lowest BCUT2D eigenvalue weighted by molar-refractivity contribution is -0.119. The quantitative estimate of drug-likeness (QED) is 0.728. The number of aromatic nitrogens is 1. The Hall–Kier alpha value is -3.87. The number of hydrogen-bond donors (Lipinski definition) is 1. The van der Waals surface area contributed by atoms with E-state index < -0.39 is 12.0 Å². The lowest BCUT2D eigenvalue weighted by atomic mass is 9.79. The van der Waals surface area contributed by atoms with Crippen LogP contribution in [0.5, 0.6) is 11.5 Å². The largest absolute Gasteiger partial charge is 0.454 e. The molecule has 2 unspecified atom stereocenters. The van der Waals surface area contributed by atoms with Crippen LogP contribution in [0.25, 0.3) is 0 Å². The second-order valence-corrected chi connectivity index (χ2v) is 7.24. The minimum atomic E-state index is -0.619. The molecule has 2 aliphatic rings. The number of fused-ring (bicyclic) bond motifs is 2. The van der Waals surface area contributed by atoms with Crippen LogP contribution in [0.3, 0.4) is 0 Å². The highest BCUT2D eigenvalue weighted by atomic mass is 16.7. The van der Waals surface area contributed by atoms with Crippen molar-refractivity contribution in [3.05, 3.63) is 83.6 Å². The van der Waals surface area contributed by atoms with E-state index in [1.165, 1.54) is 0 Å². The van der Waals surface area contributed by atoms with Crippen LogP contribution in [0.2, 0.25) is 0 Å². The number of hydrogen-bond acceptors (Lipinski definition) is 5. The van der Waals surface area contributed by atoms with Crippen LogP contribution in [0.15, 0.2) is 66.9 Å². The van der Waals surface area contributed by atoms with Gasteiger partial charge in [0.1, 0.15) is 5.82 Å². The highest BCUT2D eigenvalue weighted by Crippen LogP contribution is 2.45. The number of pyridine rings is 1. The molecule has 0 spiro atoms. The first-order chi connectivity index (χ1) is 14.6. The molecule has 0 fully saturated rings. The van der Waals surface area contributed by atoms with Crippen LogP contribution in [-0.4, -0.2) is 35.5 Å². The first-order valence-electron chi connectivity index (χ1n) is 9.61. The summed E-state index contributed by atoms with van der Waals surface area (Å²) in [5.41, 5.74) is 2.01. The maximum atomic E-state index is 13.5. The molecule has 2 atom stereocenters. The molecule has 30 heavy (non-hydrogen) atoms. The zero-order chi connectivity index (χ0) is 20.7. The second kappa shape index (κ2) is 7.18. The Labute approximate surface area is 173 Å². The Morgan fingerprint density at radius 1 is 1.07 bits per heavy atom. The van der Waals surface area contributed by atoms with Crippen molar-refractivity contribution in [2.75, 3.05) is 19.2 Å². The second-order valence-electron chi connectivity index (χ2n) is 7.24. The molecule has 0 saturated heterocycles. The number of amides is 2. The number of carbonyl (C=O) groups excluding carboxylic acids is 2. The minimum Gasteiger partial charge on any atom is -0.454 e. The van der Waals surface area contributed by atoms with Crippen molar-refractivity contribution in [1.29, 1.82) is 0 Å². The number of carbonyl (C=O) groups is 2. The van der Waals surface area contributed by atoms with Crippen molar-refractivity contribution in [2.24, 2.45) is 0 Å². The topological polar surface area (TPSA) is 80.8 Å². The summed E-state index contributed by atoms with van der Waals surface area (Å²) in [4.78, 5) is 32.4. The molecule has 1 N–H and O–H groups in total. The normalized spacial score (nSPS) is 19.4. The van der Waals surface area contributed by atoms with E-state index in [0.29, 0.717) is 28.4 Å². The van der Waals surface area contributed by atoms with Crippen LogP contribution in [0.1, 0.15) is 33.4 Å². The third-order valence-corrected chi connectivity index (χ3v) is 5.52. The standard InChI is InChI=1S/C23H19N3O4/c1-26-21(14-9-10-17-18(12-14)30-13-29-17)20(15-6-2-3-7-16(15)23(26)28)22(27)25-19-8-4-5-11-24-19/h2-12,20-21H,13H2,1H3,(H,24,25,27). The molecule has 7 nitrogen and oxygen atoms in total. The fourth-order valence-electron chi connectivity index (χ4n) is 4.11. The zero-order valence-corrected chi connectivity index (χ0v) is 16.2. The molecule has 3 heterocycles. The van der Waals surface area contributed by atoms with Crippen molar-refractivity contribution in [3.8, 4) is 11.5 Å². The van der Waals surface area contributed by atoms with E-state index in [1.807, 2.05) is 36.4 Å². The van der Waals surface area contributed by atoms with Gasteiger partial charge in [-0.1, -0.05) is 30.3 Å². The molecule has 0 aliphatic carbocycles. The van der Waals surface area contributed by atoms with Crippen LogP contribution >= 0.6 is 0 Å². The minimum absolute atomic E-state index is 0.129. The number of rotatable bonds is 3. The third kappa shape index (κ3) is 2.95. The van der Waals surface area contributed by atoms with Crippen molar-refractivity contribution >= 4 is 17.6 Å². The summed E-state index contributed by atoms with van der Waals surface area (Å²) in [5.74, 6) is 0.739. The summed E-state index contributed by atoms with van der Waals surface area (Å²) in [6.45, 7) is 0.157. The van der Waals surface area contributed by atoms with E-state index in [2.05, 4.69) is 10.3 Å². The van der Waals surface area contributed by atoms with Gasteiger partial charge < -0.3 is 19.7 Å². The predicted octanol–water partition coefficient (Wildman–Crippen LogP) is 3.36. The smallest absolute Gasteiger partial charge is 0.254 e. The Morgan fingerprint density at radius 2 is 1.87 bits per heavy atom. The van der Waals surface area contributed by atoms with Crippen LogP contribution in [0.4, 0.5) is 5.82 Å². The summed E-state index contributed by atoms with van der Waals surface area (Å²) in [6, 6.07) is 17.6. The average molecular weight is 401 g/mol. The van der Waals surface area contributed by atoms with Gasteiger partial charge in [0, 0.05) is 18.8 Å². The summed E-state index contributed by atoms with van der Waals surface area (Å²) in [6.07, 6.45) is 1.62. The number of nitrogens with zero attached hydrogens (tertiary/aromatic N) is 2. The van der Waals surface area contributed by atoms with E-state index >= 15 is 0 Å². The highest BCUT2D eigenvalue weighted by Gasteiger charge is 2.43. The van der Waals surface area contributed by atoms with E-state index in [4.69, 9.17) is 9.47 Å². The molecule has 1 aromatic heterocycles. The maximum Gasteiger partial charge on any atom is 0.254 e. The van der Waals surface area contributed by atoms with Gasteiger partial charge in [0.15, 0.2) is 11.5 Å². The van der Waals surface area contributed by atoms with Gasteiger partial charge in [-0.05, 0) is 41.5 Å². The molecule has 0 bridgehead atoms. The van der Waals surface area contributed by atoms with Gasteiger partial charge in [0.25, 0.3) is 5.91 Å². The van der Waals surface area contributed by atoms with Gasteiger partial charge in [-0.2, -0.15) is 0 Å². The summed E-state index contributed by atoms with van der Waals surface area (Å²) in [7, 11) is 1.72. The molecule has 2 amide bonds. The molecule has 0 saturated carbocycles. The lowest BCUT2D eigenvalue weighted by Crippen LogP contribution is -2.44. The predicted molar refractivity (Wildman–Crippen MR) is 109 cm³/mol. The van der Waals surface area contributed by atoms with Gasteiger partial charge in [-0.15, -0.1) is 0 Å².